The highest BCUT2D eigenvalue weighted by Crippen LogP contribution is 2.44. The molecule has 1 atom stereocenters. The molecule has 2 saturated carbocycles. The third-order valence-corrected chi connectivity index (χ3v) is 6.02. The first-order valence-corrected chi connectivity index (χ1v) is 9.85. The van der Waals surface area contributed by atoms with Crippen LogP contribution < -0.4 is 26.0 Å². The van der Waals surface area contributed by atoms with E-state index in [1.165, 1.54) is 12.0 Å². The van der Waals surface area contributed by atoms with E-state index in [4.69, 9.17) is 4.74 Å². The van der Waals surface area contributed by atoms with Crippen LogP contribution in [0.4, 0.5) is 5.69 Å². The average Bonchev–Trinajstić information content (AvgIpc) is 3.32. The fourth-order valence-electron chi connectivity index (χ4n) is 4.06. The summed E-state index contributed by atoms with van der Waals surface area (Å²) >= 11 is 0. The van der Waals surface area contributed by atoms with E-state index < -0.39 is 0 Å². The van der Waals surface area contributed by atoms with Crippen LogP contribution >= 0.6 is 0 Å². The molecule has 26 heavy (non-hydrogen) atoms. The van der Waals surface area contributed by atoms with Crippen LogP contribution in [0, 0.1) is 5.92 Å². The number of carbonyl (C=O) groups excluding carboxylic acids is 1. The Bertz CT molecular complexity index is 767. The molecule has 2 fully saturated rings. The van der Waals surface area contributed by atoms with Crippen LogP contribution in [-0.4, -0.2) is 18.1 Å². The molecule has 6 heteroatoms. The van der Waals surface area contributed by atoms with Crippen LogP contribution in [0.2, 0.25) is 0 Å². The zero-order chi connectivity index (χ0) is 17.7. The van der Waals surface area contributed by atoms with Gasteiger partial charge < -0.3 is 20.5 Å². The molecule has 6 nitrogen and oxygen atoms in total. The molecule has 138 valence electrons. The molecule has 2 heterocycles. The van der Waals surface area contributed by atoms with Gasteiger partial charge in [-0.15, -0.1) is 0 Å². The van der Waals surface area contributed by atoms with Gasteiger partial charge in [0.1, 0.15) is 5.75 Å². The Labute approximate surface area is 153 Å². The first-order valence-electron chi connectivity index (χ1n) is 9.85. The molecule has 4 aliphatic rings. The Kier molecular flexibility index (Phi) is 3.81. The number of rotatable bonds is 4. The maximum absolute atomic E-state index is 12.9. The van der Waals surface area contributed by atoms with Crippen LogP contribution in [0.1, 0.15) is 56.6 Å². The molecule has 0 saturated heterocycles. The van der Waals surface area contributed by atoms with Gasteiger partial charge in [0.15, 0.2) is 0 Å². The number of fused-ring (bicyclic) bond motifs is 1. The predicted octanol–water partition coefficient (Wildman–Crippen LogP) is 2.61. The van der Waals surface area contributed by atoms with Crippen LogP contribution in [0.15, 0.2) is 18.3 Å². The summed E-state index contributed by atoms with van der Waals surface area (Å²) in [6.45, 7) is 2.17. The molecule has 5 rings (SSSR count). The molecule has 3 N–H and O–H groups in total. The molecule has 2 aliphatic heterocycles. The van der Waals surface area contributed by atoms with E-state index >= 15 is 0 Å². The van der Waals surface area contributed by atoms with Gasteiger partial charge in [-0.1, -0.05) is 0 Å². The minimum Gasteiger partial charge on any atom is -0.489 e. The molecule has 0 spiro atoms. The first-order chi connectivity index (χ1) is 12.7. The lowest BCUT2D eigenvalue weighted by atomic mass is 9.91. The number of carbonyl (C=O) groups is 1. The van der Waals surface area contributed by atoms with Gasteiger partial charge >= 0.3 is 0 Å². The van der Waals surface area contributed by atoms with Gasteiger partial charge in [0.25, 0.3) is 0 Å². The Morgan fingerprint density at radius 2 is 2.04 bits per heavy atom. The Morgan fingerprint density at radius 3 is 2.69 bits per heavy atom. The van der Waals surface area contributed by atoms with E-state index in [1.54, 1.807) is 0 Å². The van der Waals surface area contributed by atoms with Gasteiger partial charge in [-0.2, -0.15) is 5.53 Å². The first kappa shape index (κ1) is 16.0. The number of hydrogen-bond acceptors (Lipinski definition) is 5. The van der Waals surface area contributed by atoms with Crippen molar-refractivity contribution >= 4 is 17.3 Å². The molecule has 0 radical (unpaired) electrons. The number of amides is 1. The number of ether oxygens (including phenoxy) is 1. The number of hydrazine groups is 2. The van der Waals surface area contributed by atoms with E-state index in [1.807, 2.05) is 11.1 Å². The van der Waals surface area contributed by atoms with Crippen molar-refractivity contribution in [1.29, 1.82) is 0 Å². The molecular formula is C20H26N4O2. The quantitative estimate of drug-likeness (QED) is 0.776. The zero-order valence-electron chi connectivity index (χ0n) is 15.2. The number of anilines is 1. The van der Waals surface area contributed by atoms with Gasteiger partial charge in [-0.3, -0.25) is 4.79 Å². The van der Waals surface area contributed by atoms with Crippen molar-refractivity contribution in [3.63, 3.8) is 0 Å². The molecule has 1 aromatic rings. The largest absolute Gasteiger partial charge is 0.489 e. The van der Waals surface area contributed by atoms with Crippen molar-refractivity contribution in [2.24, 2.45) is 5.92 Å². The second-order valence-electron chi connectivity index (χ2n) is 7.93. The lowest BCUT2D eigenvalue weighted by molar-refractivity contribution is -0.120. The maximum Gasteiger partial charge on any atom is 0.230 e. The van der Waals surface area contributed by atoms with Crippen molar-refractivity contribution in [2.75, 3.05) is 4.90 Å². The van der Waals surface area contributed by atoms with Crippen molar-refractivity contribution in [3.05, 3.63) is 29.5 Å². The van der Waals surface area contributed by atoms with Crippen LogP contribution in [0.5, 0.6) is 5.75 Å². The summed E-state index contributed by atoms with van der Waals surface area (Å²) in [6, 6.07) is 4.45. The molecule has 1 amide bonds. The number of nitrogens with one attached hydrogen (secondary N) is 3. The number of benzene rings is 1. The molecular weight excluding hydrogens is 328 g/mol. The van der Waals surface area contributed by atoms with E-state index in [0.29, 0.717) is 12.0 Å². The Hall–Kier alpha value is -2.21. The van der Waals surface area contributed by atoms with Crippen molar-refractivity contribution in [2.45, 2.75) is 64.0 Å². The summed E-state index contributed by atoms with van der Waals surface area (Å²) in [5.74, 6) is 1.48. The van der Waals surface area contributed by atoms with Gasteiger partial charge in [0.05, 0.1) is 17.5 Å². The smallest absolute Gasteiger partial charge is 0.230 e. The highest BCUT2D eigenvalue weighted by Gasteiger charge is 2.39. The number of nitrogens with zero attached hydrogens (tertiary/aromatic N) is 1. The molecule has 2 aliphatic carbocycles. The zero-order valence-corrected chi connectivity index (χ0v) is 15.2. The third kappa shape index (κ3) is 2.63. The van der Waals surface area contributed by atoms with Crippen LogP contribution in [0.3, 0.4) is 0 Å². The molecule has 0 bridgehead atoms. The minimum absolute atomic E-state index is 0.228. The van der Waals surface area contributed by atoms with Crippen molar-refractivity contribution in [3.8, 4) is 5.75 Å². The van der Waals surface area contributed by atoms with E-state index in [0.717, 1.165) is 61.2 Å². The molecule has 0 aromatic heterocycles. The summed E-state index contributed by atoms with van der Waals surface area (Å²) in [5.41, 5.74) is 13.3. The van der Waals surface area contributed by atoms with Crippen molar-refractivity contribution in [1.82, 2.24) is 16.4 Å². The fraction of sp³-hybridized carbons (Fsp3) is 0.550. The van der Waals surface area contributed by atoms with Crippen LogP contribution in [0.25, 0.3) is 5.70 Å². The van der Waals surface area contributed by atoms with Gasteiger partial charge in [-0.25, -0.2) is 0 Å². The fourth-order valence-corrected chi connectivity index (χ4v) is 4.06. The topological polar surface area (TPSA) is 65.6 Å². The Morgan fingerprint density at radius 1 is 1.19 bits per heavy atom. The van der Waals surface area contributed by atoms with Crippen LogP contribution in [-0.2, 0) is 11.2 Å². The summed E-state index contributed by atoms with van der Waals surface area (Å²) < 4.78 is 6.46. The second-order valence-corrected chi connectivity index (χ2v) is 7.93. The summed E-state index contributed by atoms with van der Waals surface area (Å²) in [5, 5.41) is 0. The summed E-state index contributed by atoms with van der Waals surface area (Å²) in [4.78, 5) is 15.0. The standard InChI is InChI=1S/C20H26N4O2/c1-12-5-8-16-18(24(12)20(25)13-6-7-13)10-9-15(17-11-21-23-22-17)19(16)26-14-3-2-4-14/h9-14,21-23H,2-8H2,1H3/t12-/m0/s1. The maximum atomic E-state index is 12.9. The lowest BCUT2D eigenvalue weighted by Gasteiger charge is -2.38. The van der Waals surface area contributed by atoms with Gasteiger partial charge in [0.2, 0.25) is 5.91 Å². The normalized spacial score (nSPS) is 24.9. The van der Waals surface area contributed by atoms with E-state index in [9.17, 15) is 4.79 Å². The summed E-state index contributed by atoms with van der Waals surface area (Å²) in [7, 11) is 0. The van der Waals surface area contributed by atoms with E-state index in [-0.39, 0.29) is 12.0 Å². The predicted molar refractivity (Wildman–Crippen MR) is 100 cm³/mol. The molecule has 0 unspecified atom stereocenters. The number of hydrogen-bond donors (Lipinski definition) is 3. The SMILES string of the molecule is C[C@H]1CCc2c(ccc(C3=CNNN3)c2OC2CCC2)N1C(=O)C1CC1. The third-order valence-electron chi connectivity index (χ3n) is 6.02. The molecule has 1 aromatic carbocycles. The minimum atomic E-state index is 0.228. The van der Waals surface area contributed by atoms with Crippen molar-refractivity contribution < 1.29 is 9.53 Å². The monoisotopic (exact) mass is 354 g/mol. The average molecular weight is 354 g/mol. The highest BCUT2D eigenvalue weighted by atomic mass is 16.5. The summed E-state index contributed by atoms with van der Waals surface area (Å²) in [6.07, 6.45) is 9.70. The second kappa shape index (κ2) is 6.20. The highest BCUT2D eigenvalue weighted by molar-refractivity contribution is 5.99. The van der Waals surface area contributed by atoms with Gasteiger partial charge in [-0.05, 0) is 64.0 Å². The Balaban J connectivity index is 1.58. The van der Waals surface area contributed by atoms with Gasteiger partial charge in [0, 0.05) is 29.3 Å². The lowest BCUT2D eigenvalue weighted by Crippen LogP contribution is -2.43. The van der Waals surface area contributed by atoms with E-state index in [2.05, 4.69) is 35.4 Å².